The van der Waals surface area contributed by atoms with Gasteiger partial charge < -0.3 is 9.84 Å². The zero-order valence-corrected chi connectivity index (χ0v) is 11.4. The number of rotatable bonds is 5. The van der Waals surface area contributed by atoms with E-state index in [1.807, 2.05) is 24.3 Å². The summed E-state index contributed by atoms with van der Waals surface area (Å²) in [5.41, 5.74) is 0.593. The Balaban J connectivity index is 2.49. The lowest BCUT2D eigenvalue weighted by atomic mass is 10.0. The third-order valence-corrected chi connectivity index (χ3v) is 3.03. The lowest BCUT2D eigenvalue weighted by molar-refractivity contribution is 0.102. The van der Waals surface area contributed by atoms with E-state index in [-0.39, 0.29) is 18.3 Å². The number of benzene rings is 2. The second-order valence-corrected chi connectivity index (χ2v) is 4.64. The van der Waals surface area contributed by atoms with Crippen LogP contribution in [-0.2, 0) is 0 Å². The van der Waals surface area contributed by atoms with Crippen molar-refractivity contribution < 1.29 is 14.6 Å². The van der Waals surface area contributed by atoms with Crippen molar-refractivity contribution in [2.45, 2.75) is 13.0 Å². The number of alkyl halides is 1. The standard InChI is InChI=1S/C15H15ClO3/c1-10(17)9-19-15-7-6-12(14(18)8-16)11-4-2-3-5-13(11)15/h2-7,10,17H,8-9H2,1H3/t10-/m1/s1. The van der Waals surface area contributed by atoms with Crippen molar-refractivity contribution in [1.82, 2.24) is 0 Å². The molecule has 100 valence electrons. The minimum atomic E-state index is -0.539. The summed E-state index contributed by atoms with van der Waals surface area (Å²) in [5.74, 6) is 0.500. The molecule has 0 spiro atoms. The molecule has 0 aliphatic heterocycles. The first kappa shape index (κ1) is 13.8. The number of hydrogen-bond acceptors (Lipinski definition) is 3. The fraction of sp³-hybridized carbons (Fsp3) is 0.267. The number of fused-ring (bicyclic) bond motifs is 1. The van der Waals surface area contributed by atoms with Gasteiger partial charge in [0.15, 0.2) is 5.78 Å². The highest BCUT2D eigenvalue weighted by Crippen LogP contribution is 2.29. The van der Waals surface area contributed by atoms with E-state index < -0.39 is 6.10 Å². The fourth-order valence-corrected chi connectivity index (χ4v) is 2.07. The van der Waals surface area contributed by atoms with Crippen LogP contribution in [0, 0.1) is 0 Å². The molecule has 0 heterocycles. The summed E-state index contributed by atoms with van der Waals surface area (Å²) in [6.07, 6.45) is -0.539. The molecule has 0 amide bonds. The Morgan fingerprint density at radius 3 is 2.58 bits per heavy atom. The van der Waals surface area contributed by atoms with Gasteiger partial charge >= 0.3 is 0 Å². The van der Waals surface area contributed by atoms with Crippen molar-refractivity contribution in [3.63, 3.8) is 0 Å². The molecule has 1 atom stereocenters. The van der Waals surface area contributed by atoms with Crippen LogP contribution in [0.15, 0.2) is 36.4 Å². The number of ether oxygens (including phenoxy) is 1. The van der Waals surface area contributed by atoms with Crippen LogP contribution in [0.25, 0.3) is 10.8 Å². The molecule has 0 bridgehead atoms. The summed E-state index contributed by atoms with van der Waals surface area (Å²) >= 11 is 5.62. The van der Waals surface area contributed by atoms with Crippen molar-refractivity contribution in [3.05, 3.63) is 42.0 Å². The van der Waals surface area contributed by atoms with Gasteiger partial charge in [-0.05, 0) is 24.4 Å². The highest BCUT2D eigenvalue weighted by Gasteiger charge is 2.12. The predicted octanol–water partition coefficient (Wildman–Crippen LogP) is 3.02. The molecule has 19 heavy (non-hydrogen) atoms. The maximum absolute atomic E-state index is 11.8. The number of carbonyl (C=O) groups excluding carboxylic acids is 1. The van der Waals surface area contributed by atoms with Gasteiger partial charge in [-0.2, -0.15) is 0 Å². The fourth-order valence-electron chi connectivity index (χ4n) is 1.92. The van der Waals surface area contributed by atoms with E-state index in [1.165, 1.54) is 0 Å². The molecule has 0 aliphatic rings. The van der Waals surface area contributed by atoms with E-state index in [2.05, 4.69) is 0 Å². The van der Waals surface area contributed by atoms with E-state index in [0.29, 0.717) is 11.3 Å². The average Bonchev–Trinajstić information content (AvgIpc) is 2.43. The van der Waals surface area contributed by atoms with Crippen molar-refractivity contribution in [1.29, 1.82) is 0 Å². The Morgan fingerprint density at radius 2 is 1.95 bits per heavy atom. The van der Waals surface area contributed by atoms with Crippen LogP contribution in [0.3, 0.4) is 0 Å². The summed E-state index contributed by atoms with van der Waals surface area (Å²) in [4.78, 5) is 11.8. The molecule has 0 aromatic heterocycles. The lowest BCUT2D eigenvalue weighted by Crippen LogP contribution is -2.13. The molecular weight excluding hydrogens is 264 g/mol. The monoisotopic (exact) mass is 278 g/mol. The highest BCUT2D eigenvalue weighted by atomic mass is 35.5. The summed E-state index contributed by atoms with van der Waals surface area (Å²) in [6, 6.07) is 11.0. The minimum absolute atomic E-state index is 0.0438. The second-order valence-electron chi connectivity index (χ2n) is 4.37. The summed E-state index contributed by atoms with van der Waals surface area (Å²) in [5, 5.41) is 10.9. The van der Waals surface area contributed by atoms with Gasteiger partial charge in [0, 0.05) is 10.9 Å². The summed E-state index contributed by atoms with van der Waals surface area (Å²) < 4.78 is 5.55. The molecule has 0 saturated heterocycles. The van der Waals surface area contributed by atoms with Crippen molar-refractivity contribution >= 4 is 28.2 Å². The van der Waals surface area contributed by atoms with Gasteiger partial charge in [-0.3, -0.25) is 4.79 Å². The number of ketones is 1. The Kier molecular flexibility index (Phi) is 4.40. The number of halogens is 1. The Morgan fingerprint density at radius 1 is 1.26 bits per heavy atom. The molecule has 0 unspecified atom stereocenters. The topological polar surface area (TPSA) is 46.5 Å². The van der Waals surface area contributed by atoms with Crippen LogP contribution in [0.4, 0.5) is 0 Å². The predicted molar refractivity (Wildman–Crippen MR) is 76.2 cm³/mol. The van der Waals surface area contributed by atoms with Crippen molar-refractivity contribution in [3.8, 4) is 5.75 Å². The molecule has 2 rings (SSSR count). The Hall–Kier alpha value is -1.58. The average molecular weight is 279 g/mol. The van der Waals surface area contributed by atoms with Crippen LogP contribution in [0.1, 0.15) is 17.3 Å². The molecule has 0 fully saturated rings. The first-order valence-corrected chi connectivity index (χ1v) is 6.58. The molecule has 0 radical (unpaired) electrons. The summed E-state index contributed by atoms with van der Waals surface area (Å²) in [7, 11) is 0. The van der Waals surface area contributed by atoms with E-state index in [4.69, 9.17) is 16.3 Å². The molecular formula is C15H15ClO3. The molecule has 4 heteroatoms. The number of aliphatic hydroxyl groups is 1. The first-order chi connectivity index (χ1) is 9.13. The quantitative estimate of drug-likeness (QED) is 0.675. The van der Waals surface area contributed by atoms with Gasteiger partial charge in [0.1, 0.15) is 12.4 Å². The zero-order valence-electron chi connectivity index (χ0n) is 10.6. The lowest BCUT2D eigenvalue weighted by Gasteiger charge is -2.12. The van der Waals surface area contributed by atoms with Gasteiger partial charge in [0.2, 0.25) is 0 Å². The van der Waals surface area contributed by atoms with Crippen molar-refractivity contribution in [2.24, 2.45) is 0 Å². The van der Waals surface area contributed by atoms with Gasteiger partial charge in [-0.1, -0.05) is 24.3 Å². The van der Waals surface area contributed by atoms with Gasteiger partial charge in [0.25, 0.3) is 0 Å². The maximum atomic E-state index is 11.8. The number of Topliss-reactive ketones (excluding diaryl/α,β-unsaturated/α-hetero) is 1. The van der Waals surface area contributed by atoms with E-state index in [9.17, 15) is 9.90 Å². The SMILES string of the molecule is C[C@@H](O)COc1ccc(C(=O)CCl)c2ccccc12. The first-order valence-electron chi connectivity index (χ1n) is 6.05. The third-order valence-electron chi connectivity index (χ3n) is 2.79. The molecule has 3 nitrogen and oxygen atoms in total. The largest absolute Gasteiger partial charge is 0.490 e. The van der Waals surface area contributed by atoms with Gasteiger partial charge in [-0.25, -0.2) is 0 Å². The van der Waals surface area contributed by atoms with E-state index in [1.54, 1.807) is 19.1 Å². The number of carbonyl (C=O) groups is 1. The van der Waals surface area contributed by atoms with Crippen LogP contribution in [-0.4, -0.2) is 29.5 Å². The summed E-state index contributed by atoms with van der Waals surface area (Å²) in [6.45, 7) is 1.88. The molecule has 2 aromatic rings. The number of aliphatic hydroxyl groups excluding tert-OH is 1. The van der Waals surface area contributed by atoms with E-state index >= 15 is 0 Å². The molecule has 0 saturated carbocycles. The zero-order chi connectivity index (χ0) is 13.8. The number of hydrogen-bond donors (Lipinski definition) is 1. The minimum Gasteiger partial charge on any atom is -0.490 e. The van der Waals surface area contributed by atoms with E-state index in [0.717, 1.165) is 10.8 Å². The van der Waals surface area contributed by atoms with Crippen LogP contribution in [0.5, 0.6) is 5.75 Å². The Bertz CT molecular complexity index is 593. The molecule has 1 N–H and O–H groups in total. The second kappa shape index (κ2) is 6.04. The Labute approximate surface area is 116 Å². The smallest absolute Gasteiger partial charge is 0.178 e. The molecule has 2 aromatic carbocycles. The highest BCUT2D eigenvalue weighted by molar-refractivity contribution is 6.32. The third kappa shape index (κ3) is 3.06. The van der Waals surface area contributed by atoms with Crippen LogP contribution < -0.4 is 4.74 Å². The van der Waals surface area contributed by atoms with Gasteiger partial charge in [-0.15, -0.1) is 11.6 Å². The van der Waals surface area contributed by atoms with Gasteiger partial charge in [0.05, 0.1) is 12.0 Å². The van der Waals surface area contributed by atoms with Crippen molar-refractivity contribution in [2.75, 3.05) is 12.5 Å². The maximum Gasteiger partial charge on any atom is 0.178 e. The van der Waals surface area contributed by atoms with Crippen LogP contribution >= 0.6 is 11.6 Å². The van der Waals surface area contributed by atoms with Crippen LogP contribution in [0.2, 0.25) is 0 Å². The molecule has 0 aliphatic carbocycles. The normalized spacial score (nSPS) is 12.4.